The SMILES string of the molecule is O=[N+]([O-])c1cnn(CCN2CCC(O)(C(F)(F)F)CC2)c1. The molecule has 1 aromatic heterocycles. The summed E-state index contributed by atoms with van der Waals surface area (Å²) in [6, 6.07) is 0. The molecule has 2 heterocycles. The number of rotatable bonds is 4. The Labute approximate surface area is 118 Å². The molecule has 21 heavy (non-hydrogen) atoms. The van der Waals surface area contributed by atoms with Gasteiger partial charge in [-0.2, -0.15) is 18.3 Å². The highest BCUT2D eigenvalue weighted by molar-refractivity contribution is 5.20. The largest absolute Gasteiger partial charge is 0.417 e. The molecule has 0 aliphatic carbocycles. The fourth-order valence-corrected chi connectivity index (χ4v) is 2.24. The number of hydrogen-bond donors (Lipinski definition) is 1. The van der Waals surface area contributed by atoms with Gasteiger partial charge in [0.2, 0.25) is 0 Å². The highest BCUT2D eigenvalue weighted by atomic mass is 19.4. The summed E-state index contributed by atoms with van der Waals surface area (Å²) < 4.78 is 39.3. The molecule has 0 saturated carbocycles. The van der Waals surface area contributed by atoms with Gasteiger partial charge < -0.3 is 10.0 Å². The van der Waals surface area contributed by atoms with Gasteiger partial charge in [-0.15, -0.1) is 0 Å². The van der Waals surface area contributed by atoms with Gasteiger partial charge in [0.1, 0.15) is 12.4 Å². The summed E-state index contributed by atoms with van der Waals surface area (Å²) in [7, 11) is 0. The average Bonchev–Trinajstić information content (AvgIpc) is 2.86. The smallest absolute Gasteiger partial charge is 0.380 e. The van der Waals surface area contributed by atoms with Crippen LogP contribution in [-0.4, -0.2) is 56.1 Å². The van der Waals surface area contributed by atoms with Crippen LogP contribution in [0.5, 0.6) is 0 Å². The minimum atomic E-state index is -4.61. The van der Waals surface area contributed by atoms with Gasteiger partial charge in [0.15, 0.2) is 5.60 Å². The van der Waals surface area contributed by atoms with Crippen LogP contribution >= 0.6 is 0 Å². The zero-order valence-corrected chi connectivity index (χ0v) is 11.1. The van der Waals surface area contributed by atoms with Crippen LogP contribution in [0.15, 0.2) is 12.4 Å². The highest BCUT2D eigenvalue weighted by Crippen LogP contribution is 2.38. The first-order valence-corrected chi connectivity index (χ1v) is 6.40. The number of nitro groups is 1. The lowest BCUT2D eigenvalue weighted by atomic mass is 9.91. The van der Waals surface area contributed by atoms with E-state index in [4.69, 9.17) is 0 Å². The van der Waals surface area contributed by atoms with E-state index in [1.54, 1.807) is 4.90 Å². The summed E-state index contributed by atoms with van der Waals surface area (Å²) in [6.45, 7) is 1.02. The number of hydrogen-bond acceptors (Lipinski definition) is 5. The van der Waals surface area contributed by atoms with Crippen LogP contribution in [0.3, 0.4) is 0 Å². The van der Waals surface area contributed by atoms with Crippen LogP contribution in [0.25, 0.3) is 0 Å². The van der Waals surface area contributed by atoms with Gasteiger partial charge in [-0.25, -0.2) is 0 Å². The number of alkyl halides is 3. The Hall–Kier alpha value is -1.68. The Morgan fingerprint density at radius 1 is 1.38 bits per heavy atom. The van der Waals surface area contributed by atoms with Crippen LogP contribution in [0, 0.1) is 10.1 Å². The number of aliphatic hydroxyl groups is 1. The lowest BCUT2D eigenvalue weighted by Crippen LogP contribution is -2.53. The van der Waals surface area contributed by atoms with Gasteiger partial charge in [0.05, 0.1) is 11.5 Å². The fraction of sp³-hybridized carbons (Fsp3) is 0.727. The number of likely N-dealkylation sites (tertiary alicyclic amines) is 1. The highest BCUT2D eigenvalue weighted by Gasteiger charge is 2.54. The standard InChI is InChI=1S/C11H15F3N4O3/c12-11(13,14)10(19)1-3-16(4-2-10)5-6-17-8-9(7-15-17)18(20)21/h7-8,19H,1-6H2. The molecule has 0 bridgehead atoms. The van der Waals surface area contributed by atoms with Crippen LogP contribution in [0.4, 0.5) is 18.9 Å². The van der Waals surface area contributed by atoms with Crippen molar-refractivity contribution in [1.82, 2.24) is 14.7 Å². The van der Waals surface area contributed by atoms with Crippen LogP contribution in [-0.2, 0) is 6.54 Å². The third-order valence-electron chi connectivity index (χ3n) is 3.69. The quantitative estimate of drug-likeness (QED) is 0.667. The molecule has 0 unspecified atom stereocenters. The zero-order valence-electron chi connectivity index (χ0n) is 11.1. The van der Waals surface area contributed by atoms with Crippen molar-refractivity contribution < 1.29 is 23.2 Å². The molecule has 7 nitrogen and oxygen atoms in total. The van der Waals surface area contributed by atoms with E-state index in [-0.39, 0.29) is 31.6 Å². The number of halogens is 3. The zero-order chi connectivity index (χ0) is 15.7. The third kappa shape index (κ3) is 3.50. The van der Waals surface area contributed by atoms with Crippen molar-refractivity contribution >= 4 is 5.69 Å². The summed E-state index contributed by atoms with van der Waals surface area (Å²) in [5.74, 6) is 0. The third-order valence-corrected chi connectivity index (χ3v) is 3.69. The number of piperidine rings is 1. The van der Waals surface area contributed by atoms with E-state index in [0.29, 0.717) is 13.1 Å². The van der Waals surface area contributed by atoms with E-state index in [2.05, 4.69) is 5.10 Å². The molecule has 0 radical (unpaired) electrons. The molecular formula is C11H15F3N4O3. The van der Waals surface area contributed by atoms with Crippen molar-refractivity contribution in [3.05, 3.63) is 22.5 Å². The molecule has 1 aromatic rings. The summed E-state index contributed by atoms with van der Waals surface area (Å²) in [5, 5.41) is 23.8. The summed E-state index contributed by atoms with van der Waals surface area (Å²) in [5.41, 5.74) is -2.73. The Morgan fingerprint density at radius 2 is 2.00 bits per heavy atom. The molecule has 1 saturated heterocycles. The van der Waals surface area contributed by atoms with Crippen LogP contribution in [0.1, 0.15) is 12.8 Å². The second-order valence-electron chi connectivity index (χ2n) is 5.09. The predicted molar refractivity (Wildman–Crippen MR) is 65.6 cm³/mol. The molecule has 1 N–H and O–H groups in total. The Morgan fingerprint density at radius 3 is 2.48 bits per heavy atom. The second kappa shape index (κ2) is 5.60. The van der Waals surface area contributed by atoms with Gasteiger partial charge in [0, 0.05) is 19.6 Å². The van der Waals surface area contributed by atoms with E-state index in [1.165, 1.54) is 10.9 Å². The van der Waals surface area contributed by atoms with Crippen molar-refractivity contribution in [2.45, 2.75) is 31.2 Å². The van der Waals surface area contributed by atoms with Crippen molar-refractivity contribution in [3.63, 3.8) is 0 Å². The van der Waals surface area contributed by atoms with Gasteiger partial charge >= 0.3 is 11.9 Å². The maximum atomic E-state index is 12.6. The Kier molecular flexibility index (Phi) is 4.19. The molecule has 1 fully saturated rings. The Balaban J connectivity index is 1.82. The lowest BCUT2D eigenvalue weighted by molar-refractivity contribution is -0.385. The molecule has 1 aliphatic rings. The summed E-state index contributed by atoms with van der Waals surface area (Å²) >= 11 is 0. The normalized spacial score (nSPS) is 19.6. The molecule has 0 amide bonds. The molecule has 1 aliphatic heterocycles. The molecule has 0 spiro atoms. The molecular weight excluding hydrogens is 293 g/mol. The average molecular weight is 308 g/mol. The topological polar surface area (TPSA) is 84.4 Å². The van der Waals surface area contributed by atoms with E-state index >= 15 is 0 Å². The second-order valence-corrected chi connectivity index (χ2v) is 5.09. The summed E-state index contributed by atoms with van der Waals surface area (Å²) in [6.07, 6.45) is -2.94. The van der Waals surface area contributed by atoms with Crippen molar-refractivity contribution in [3.8, 4) is 0 Å². The van der Waals surface area contributed by atoms with Gasteiger partial charge in [-0.05, 0) is 12.8 Å². The molecule has 118 valence electrons. The number of aromatic nitrogens is 2. The minimum absolute atomic E-state index is 0.124. The van der Waals surface area contributed by atoms with Gasteiger partial charge in [-0.3, -0.25) is 14.8 Å². The van der Waals surface area contributed by atoms with Crippen molar-refractivity contribution in [1.29, 1.82) is 0 Å². The van der Waals surface area contributed by atoms with Crippen molar-refractivity contribution in [2.75, 3.05) is 19.6 Å². The predicted octanol–water partition coefficient (Wildman–Crippen LogP) is 1.18. The van der Waals surface area contributed by atoms with E-state index in [0.717, 1.165) is 6.20 Å². The van der Waals surface area contributed by atoms with E-state index in [1.807, 2.05) is 0 Å². The van der Waals surface area contributed by atoms with Gasteiger partial charge in [0.25, 0.3) is 0 Å². The maximum Gasteiger partial charge on any atom is 0.417 e. The minimum Gasteiger partial charge on any atom is -0.380 e. The van der Waals surface area contributed by atoms with E-state index in [9.17, 15) is 28.4 Å². The molecule has 0 aromatic carbocycles. The first kappa shape index (κ1) is 15.7. The number of nitrogens with zero attached hydrogens (tertiary/aromatic N) is 4. The van der Waals surface area contributed by atoms with Crippen LogP contribution in [0.2, 0.25) is 0 Å². The first-order chi connectivity index (χ1) is 9.71. The first-order valence-electron chi connectivity index (χ1n) is 6.40. The summed E-state index contributed by atoms with van der Waals surface area (Å²) in [4.78, 5) is 11.7. The van der Waals surface area contributed by atoms with Gasteiger partial charge in [-0.1, -0.05) is 0 Å². The lowest BCUT2D eigenvalue weighted by Gasteiger charge is -2.39. The molecule has 10 heteroatoms. The maximum absolute atomic E-state index is 12.6. The molecule has 0 atom stereocenters. The van der Waals surface area contributed by atoms with Crippen LogP contribution < -0.4 is 0 Å². The van der Waals surface area contributed by atoms with Crippen molar-refractivity contribution in [2.24, 2.45) is 0 Å². The fourth-order valence-electron chi connectivity index (χ4n) is 2.24. The monoisotopic (exact) mass is 308 g/mol. The van der Waals surface area contributed by atoms with E-state index < -0.39 is 16.7 Å². The molecule has 2 rings (SSSR count). The Bertz CT molecular complexity index is 509.